The van der Waals surface area contributed by atoms with Crippen LogP contribution in [0.25, 0.3) is 0 Å². The van der Waals surface area contributed by atoms with Gasteiger partial charge in [0.2, 0.25) is 11.9 Å². The molecule has 1 atom stereocenters. The molecule has 5 heteroatoms. The first-order valence-corrected chi connectivity index (χ1v) is 7.36. The minimum atomic E-state index is 0.0512. The molecule has 1 aliphatic heterocycles. The molecule has 1 fully saturated rings. The second-order valence-corrected chi connectivity index (χ2v) is 5.68. The first kappa shape index (κ1) is 14.8. The molecule has 0 spiro atoms. The standard InChI is InChI=1S/C15H24N4O/c1-11-9-12(2)18-15(17-11)19-8-4-5-14(10-19)6-7-16-13(3)20/h9,14H,4-8,10H2,1-3H3,(H,16,20)/t14-/m0/s1. The highest BCUT2D eigenvalue weighted by molar-refractivity contribution is 5.72. The molecule has 0 saturated carbocycles. The van der Waals surface area contributed by atoms with Crippen LogP contribution in [0.4, 0.5) is 5.95 Å². The number of amides is 1. The average Bonchev–Trinajstić information content (AvgIpc) is 2.37. The van der Waals surface area contributed by atoms with E-state index >= 15 is 0 Å². The Morgan fingerprint density at radius 1 is 1.40 bits per heavy atom. The number of nitrogens with one attached hydrogen (secondary N) is 1. The molecule has 0 aliphatic carbocycles. The van der Waals surface area contributed by atoms with Crippen LogP contribution in [0.15, 0.2) is 6.07 Å². The van der Waals surface area contributed by atoms with Crippen molar-refractivity contribution in [3.8, 4) is 0 Å². The van der Waals surface area contributed by atoms with Gasteiger partial charge in [0.15, 0.2) is 0 Å². The van der Waals surface area contributed by atoms with E-state index in [4.69, 9.17) is 0 Å². The maximum atomic E-state index is 10.9. The lowest BCUT2D eigenvalue weighted by molar-refractivity contribution is -0.119. The zero-order valence-corrected chi connectivity index (χ0v) is 12.6. The Bertz CT molecular complexity index is 455. The van der Waals surface area contributed by atoms with Crippen LogP contribution < -0.4 is 10.2 Å². The molecule has 0 unspecified atom stereocenters. The predicted octanol–water partition coefficient (Wildman–Crippen LogP) is 1.84. The number of carbonyl (C=O) groups excluding carboxylic acids is 1. The highest BCUT2D eigenvalue weighted by Gasteiger charge is 2.21. The van der Waals surface area contributed by atoms with Gasteiger partial charge in [-0.25, -0.2) is 9.97 Å². The topological polar surface area (TPSA) is 58.1 Å². The third-order valence-electron chi connectivity index (χ3n) is 3.70. The Labute approximate surface area is 120 Å². The summed E-state index contributed by atoms with van der Waals surface area (Å²) in [5.41, 5.74) is 2.04. The van der Waals surface area contributed by atoms with Crippen LogP contribution in [0, 0.1) is 19.8 Å². The summed E-state index contributed by atoms with van der Waals surface area (Å²) in [6.45, 7) is 8.37. The Kier molecular flexibility index (Phi) is 4.93. The van der Waals surface area contributed by atoms with Gasteiger partial charge in [-0.05, 0) is 45.1 Å². The Hall–Kier alpha value is -1.65. The van der Waals surface area contributed by atoms with Crippen molar-refractivity contribution in [1.82, 2.24) is 15.3 Å². The van der Waals surface area contributed by atoms with Gasteiger partial charge in [-0.3, -0.25) is 4.79 Å². The van der Waals surface area contributed by atoms with Crippen LogP contribution in [-0.4, -0.2) is 35.5 Å². The molecule has 0 aromatic carbocycles. The first-order chi connectivity index (χ1) is 9.54. The highest BCUT2D eigenvalue weighted by Crippen LogP contribution is 2.22. The van der Waals surface area contributed by atoms with Crippen LogP contribution in [0.3, 0.4) is 0 Å². The van der Waals surface area contributed by atoms with Crippen molar-refractivity contribution in [2.75, 3.05) is 24.5 Å². The number of hydrogen-bond donors (Lipinski definition) is 1. The van der Waals surface area contributed by atoms with Gasteiger partial charge < -0.3 is 10.2 Å². The monoisotopic (exact) mass is 276 g/mol. The number of piperidine rings is 1. The number of rotatable bonds is 4. The molecule has 2 heterocycles. The molecule has 20 heavy (non-hydrogen) atoms. The average molecular weight is 276 g/mol. The summed E-state index contributed by atoms with van der Waals surface area (Å²) in [5.74, 6) is 1.52. The van der Waals surface area contributed by atoms with Gasteiger partial charge in [0, 0.05) is 37.9 Å². The number of nitrogens with zero attached hydrogens (tertiary/aromatic N) is 3. The zero-order valence-electron chi connectivity index (χ0n) is 12.6. The van der Waals surface area contributed by atoms with Crippen molar-refractivity contribution in [2.24, 2.45) is 5.92 Å². The molecular formula is C15H24N4O. The number of anilines is 1. The van der Waals surface area contributed by atoms with Crippen LogP contribution in [0.5, 0.6) is 0 Å². The van der Waals surface area contributed by atoms with Gasteiger partial charge in [-0.2, -0.15) is 0 Å². The molecule has 110 valence electrons. The normalized spacial score (nSPS) is 18.9. The Morgan fingerprint density at radius 3 is 2.75 bits per heavy atom. The minimum absolute atomic E-state index is 0.0512. The molecule has 1 aromatic rings. The van der Waals surface area contributed by atoms with Crippen molar-refractivity contribution in [2.45, 2.75) is 40.0 Å². The fourth-order valence-corrected chi connectivity index (χ4v) is 2.78. The fraction of sp³-hybridized carbons (Fsp3) is 0.667. The van der Waals surface area contributed by atoms with Gasteiger partial charge in [0.05, 0.1) is 0 Å². The third kappa shape index (κ3) is 4.18. The molecule has 5 nitrogen and oxygen atoms in total. The quantitative estimate of drug-likeness (QED) is 0.911. The number of hydrogen-bond acceptors (Lipinski definition) is 4. The first-order valence-electron chi connectivity index (χ1n) is 7.36. The fourth-order valence-electron chi connectivity index (χ4n) is 2.78. The molecule has 1 saturated heterocycles. The number of aryl methyl sites for hydroxylation is 2. The van der Waals surface area contributed by atoms with Crippen molar-refractivity contribution in [1.29, 1.82) is 0 Å². The van der Waals surface area contributed by atoms with E-state index in [-0.39, 0.29) is 5.91 Å². The number of carbonyl (C=O) groups is 1. The molecule has 1 N–H and O–H groups in total. The van der Waals surface area contributed by atoms with Gasteiger partial charge in [0.1, 0.15) is 0 Å². The maximum absolute atomic E-state index is 10.9. The van der Waals surface area contributed by atoms with Crippen molar-refractivity contribution >= 4 is 11.9 Å². The summed E-state index contributed by atoms with van der Waals surface area (Å²) in [4.78, 5) is 22.3. The molecule has 2 rings (SSSR count). The van der Waals surface area contributed by atoms with Gasteiger partial charge >= 0.3 is 0 Å². The van der Waals surface area contributed by atoms with E-state index in [1.165, 1.54) is 12.8 Å². The van der Waals surface area contributed by atoms with Crippen molar-refractivity contribution in [3.63, 3.8) is 0 Å². The van der Waals surface area contributed by atoms with E-state index in [0.29, 0.717) is 5.92 Å². The third-order valence-corrected chi connectivity index (χ3v) is 3.70. The molecular weight excluding hydrogens is 252 g/mol. The lowest BCUT2D eigenvalue weighted by atomic mass is 9.95. The summed E-state index contributed by atoms with van der Waals surface area (Å²) >= 11 is 0. The van der Waals surface area contributed by atoms with Gasteiger partial charge in [-0.1, -0.05) is 0 Å². The van der Waals surface area contributed by atoms with Crippen LogP contribution in [-0.2, 0) is 4.79 Å². The summed E-state index contributed by atoms with van der Waals surface area (Å²) in [6.07, 6.45) is 3.42. The molecule has 1 aromatic heterocycles. The van der Waals surface area contributed by atoms with E-state index in [9.17, 15) is 4.79 Å². The Morgan fingerprint density at radius 2 is 2.10 bits per heavy atom. The lowest BCUT2D eigenvalue weighted by Gasteiger charge is -2.33. The van der Waals surface area contributed by atoms with E-state index < -0.39 is 0 Å². The van der Waals surface area contributed by atoms with Gasteiger partial charge in [-0.15, -0.1) is 0 Å². The SMILES string of the molecule is CC(=O)NCC[C@@H]1CCCN(c2nc(C)cc(C)n2)C1. The largest absolute Gasteiger partial charge is 0.356 e. The van der Waals surface area contributed by atoms with Crippen molar-refractivity contribution in [3.05, 3.63) is 17.5 Å². The molecule has 0 bridgehead atoms. The molecule has 0 radical (unpaired) electrons. The van der Waals surface area contributed by atoms with Crippen LogP contribution in [0.1, 0.15) is 37.6 Å². The smallest absolute Gasteiger partial charge is 0.225 e. The number of aromatic nitrogens is 2. The second-order valence-electron chi connectivity index (χ2n) is 5.68. The summed E-state index contributed by atoms with van der Waals surface area (Å²) < 4.78 is 0. The zero-order chi connectivity index (χ0) is 14.5. The van der Waals surface area contributed by atoms with Crippen LogP contribution >= 0.6 is 0 Å². The summed E-state index contributed by atoms with van der Waals surface area (Å²) in [5, 5.41) is 2.88. The van der Waals surface area contributed by atoms with E-state index in [0.717, 1.165) is 43.4 Å². The van der Waals surface area contributed by atoms with Gasteiger partial charge in [0.25, 0.3) is 0 Å². The Balaban J connectivity index is 1.94. The summed E-state index contributed by atoms with van der Waals surface area (Å²) in [7, 11) is 0. The predicted molar refractivity (Wildman–Crippen MR) is 79.7 cm³/mol. The van der Waals surface area contributed by atoms with Crippen molar-refractivity contribution < 1.29 is 4.79 Å². The second kappa shape index (κ2) is 6.68. The van der Waals surface area contributed by atoms with E-state index in [1.807, 2.05) is 19.9 Å². The minimum Gasteiger partial charge on any atom is -0.356 e. The molecule has 1 aliphatic rings. The van der Waals surface area contributed by atoms with Crippen LogP contribution in [0.2, 0.25) is 0 Å². The summed E-state index contributed by atoms with van der Waals surface area (Å²) in [6, 6.07) is 2.00. The van der Waals surface area contributed by atoms with E-state index in [2.05, 4.69) is 20.2 Å². The maximum Gasteiger partial charge on any atom is 0.225 e. The van der Waals surface area contributed by atoms with E-state index in [1.54, 1.807) is 6.92 Å². The molecule has 1 amide bonds. The lowest BCUT2D eigenvalue weighted by Crippen LogP contribution is -2.38. The highest BCUT2D eigenvalue weighted by atomic mass is 16.1.